The summed E-state index contributed by atoms with van der Waals surface area (Å²) >= 11 is 0. The maximum absolute atomic E-state index is 13.0. The Hall–Kier alpha value is -5.78. The van der Waals surface area contributed by atoms with Crippen LogP contribution in [0.4, 0.5) is 34.1 Å². The monoisotopic (exact) mass is 847 g/mol. The van der Waals surface area contributed by atoms with Gasteiger partial charge in [0.2, 0.25) is 11.8 Å². The average Bonchev–Trinajstić information content (AvgIpc) is 3.30. The van der Waals surface area contributed by atoms with Crippen LogP contribution in [0.15, 0.2) is 113 Å². The minimum Gasteiger partial charge on any atom is -0.375 e. The summed E-state index contributed by atoms with van der Waals surface area (Å²) in [4.78, 5) is 43.9. The van der Waals surface area contributed by atoms with Gasteiger partial charge in [-0.25, -0.2) is 0 Å². The second-order valence-corrected chi connectivity index (χ2v) is 16.1. The Morgan fingerprint density at radius 3 is 1.58 bits per heavy atom. The Morgan fingerprint density at radius 1 is 0.581 bits per heavy atom. The molecule has 62 heavy (non-hydrogen) atoms. The van der Waals surface area contributed by atoms with Gasteiger partial charge in [0.1, 0.15) is 0 Å². The van der Waals surface area contributed by atoms with Crippen molar-refractivity contribution in [3.8, 4) is 0 Å². The van der Waals surface area contributed by atoms with Gasteiger partial charge >= 0.3 is 0 Å². The summed E-state index contributed by atoms with van der Waals surface area (Å²) in [5.74, 6) is -0.100. The van der Waals surface area contributed by atoms with Crippen molar-refractivity contribution in [2.45, 2.75) is 103 Å². The predicted octanol–water partition coefficient (Wildman–Crippen LogP) is 11.3. The lowest BCUT2D eigenvalue weighted by atomic mass is 10.0. The third-order valence-corrected chi connectivity index (χ3v) is 11.1. The van der Waals surface area contributed by atoms with Crippen LogP contribution >= 0.6 is 0 Å². The summed E-state index contributed by atoms with van der Waals surface area (Å²) in [7, 11) is 4.09. The molecule has 4 rings (SSSR count). The molecule has 0 saturated carbocycles. The first-order valence-electron chi connectivity index (χ1n) is 22.8. The molecule has 0 spiro atoms. The fraction of sp³-hybridized carbons (Fsp3) is 0.480. The molecule has 12 nitrogen and oxygen atoms in total. The van der Waals surface area contributed by atoms with E-state index in [9.17, 15) is 19.7 Å². The molecular weight excluding hydrogens is 777 g/mol. The van der Waals surface area contributed by atoms with Crippen molar-refractivity contribution in [3.05, 3.63) is 119 Å². The van der Waals surface area contributed by atoms with E-state index in [1.54, 1.807) is 24.3 Å². The third-order valence-electron chi connectivity index (χ3n) is 11.1. The van der Waals surface area contributed by atoms with Gasteiger partial charge in [-0.2, -0.15) is 5.11 Å². The Kier molecular flexibility index (Phi) is 22.6. The topological polar surface area (TPSA) is 136 Å². The van der Waals surface area contributed by atoms with Crippen LogP contribution in [0, 0.1) is 10.1 Å². The molecule has 0 aliphatic rings. The summed E-state index contributed by atoms with van der Waals surface area (Å²) in [6, 6.07) is 32.9. The molecule has 4 aromatic rings. The summed E-state index contributed by atoms with van der Waals surface area (Å²) in [5, 5.41) is 26.7. The zero-order valence-corrected chi connectivity index (χ0v) is 37.5. The highest BCUT2D eigenvalue weighted by atomic mass is 16.6. The maximum atomic E-state index is 13.0. The number of rotatable bonds is 31. The number of amides is 2. The molecule has 12 heteroatoms. The Bertz CT molecular complexity index is 1840. The van der Waals surface area contributed by atoms with Crippen molar-refractivity contribution >= 4 is 45.9 Å². The number of nitro groups is 1. The SMILES string of the molecule is CCCCCCCCCCCCc1ccc(N=Nc2ccc(N(CCC(=O)NCCCN(C)c3ccccc3)CCC(=O)NCCCN(C)c3ccccc3)cc2)c([N+](=O)[O-])c1. The number of hydrogen-bond donors (Lipinski definition) is 2. The molecule has 4 aromatic carbocycles. The molecule has 0 heterocycles. The number of unbranched alkanes of at least 4 members (excludes halogenated alkanes) is 9. The van der Waals surface area contributed by atoms with Gasteiger partial charge in [0, 0.05) is 89.3 Å². The van der Waals surface area contributed by atoms with Crippen LogP contribution in [0.1, 0.15) is 102 Å². The molecule has 0 fully saturated rings. The number of carbonyl (C=O) groups excluding carboxylic acids is 2. The minimum atomic E-state index is -0.393. The van der Waals surface area contributed by atoms with E-state index < -0.39 is 4.92 Å². The number of aryl methyl sites for hydroxylation is 1. The second kappa shape index (κ2) is 28.7. The molecule has 0 saturated heterocycles. The van der Waals surface area contributed by atoms with Crippen molar-refractivity contribution in [1.82, 2.24) is 10.6 Å². The highest BCUT2D eigenvalue weighted by Gasteiger charge is 2.16. The Balaban J connectivity index is 1.29. The molecule has 2 amide bonds. The molecule has 334 valence electrons. The van der Waals surface area contributed by atoms with Crippen molar-refractivity contribution in [1.29, 1.82) is 0 Å². The van der Waals surface area contributed by atoms with E-state index in [4.69, 9.17) is 0 Å². The number of azo groups is 1. The molecule has 0 unspecified atom stereocenters. The second-order valence-electron chi connectivity index (χ2n) is 16.1. The summed E-state index contributed by atoms with van der Waals surface area (Å²) < 4.78 is 0. The lowest BCUT2D eigenvalue weighted by Crippen LogP contribution is -2.35. The van der Waals surface area contributed by atoms with E-state index in [0.717, 1.165) is 67.8 Å². The summed E-state index contributed by atoms with van der Waals surface area (Å²) in [6.07, 6.45) is 15.4. The van der Waals surface area contributed by atoms with E-state index >= 15 is 0 Å². The fourth-order valence-corrected chi connectivity index (χ4v) is 7.34. The minimum absolute atomic E-state index is 0.0501. The molecule has 0 aromatic heterocycles. The van der Waals surface area contributed by atoms with Crippen LogP contribution in [0.3, 0.4) is 0 Å². The van der Waals surface area contributed by atoms with Gasteiger partial charge in [-0.3, -0.25) is 19.7 Å². The number of para-hydroxylation sites is 2. The van der Waals surface area contributed by atoms with E-state index in [2.05, 4.69) is 61.9 Å². The molecule has 0 bridgehead atoms. The van der Waals surface area contributed by atoms with Crippen LogP contribution in [-0.2, 0) is 16.0 Å². The van der Waals surface area contributed by atoms with Crippen LogP contribution in [0.25, 0.3) is 0 Å². The number of nitrogens with one attached hydrogen (secondary N) is 2. The van der Waals surface area contributed by atoms with Crippen LogP contribution < -0.4 is 25.3 Å². The molecule has 0 atom stereocenters. The van der Waals surface area contributed by atoms with E-state index in [0.29, 0.717) is 31.9 Å². The van der Waals surface area contributed by atoms with E-state index in [-0.39, 0.29) is 36.0 Å². The van der Waals surface area contributed by atoms with E-state index in [1.807, 2.05) is 73.6 Å². The first-order valence-corrected chi connectivity index (χ1v) is 22.8. The first kappa shape index (κ1) is 48.9. The van der Waals surface area contributed by atoms with Crippen molar-refractivity contribution in [2.75, 3.05) is 68.1 Å². The molecule has 0 aliphatic carbocycles. The lowest BCUT2D eigenvalue weighted by Gasteiger charge is -2.25. The van der Waals surface area contributed by atoms with Gasteiger partial charge in [-0.15, -0.1) is 5.11 Å². The van der Waals surface area contributed by atoms with Crippen LogP contribution in [0.5, 0.6) is 0 Å². The van der Waals surface area contributed by atoms with Gasteiger partial charge in [0.25, 0.3) is 5.69 Å². The number of nitrogens with zero attached hydrogens (tertiary/aromatic N) is 6. The smallest absolute Gasteiger partial charge is 0.296 e. The highest BCUT2D eigenvalue weighted by Crippen LogP contribution is 2.31. The fourth-order valence-electron chi connectivity index (χ4n) is 7.34. The van der Waals surface area contributed by atoms with Gasteiger partial charge in [0.05, 0.1) is 10.6 Å². The highest BCUT2D eigenvalue weighted by molar-refractivity contribution is 5.77. The quantitative estimate of drug-likeness (QED) is 0.0223. The number of benzene rings is 4. The standard InChI is InChI=1S/C50H70N8O4/c1-4-5-6-7-8-9-10-11-12-15-22-42-27-32-47(48(41-42)58(61)62)54-53-43-28-30-46(31-29-43)57(39-33-49(59)51-35-20-37-55(2)44-23-16-13-17-24-44)40-34-50(60)52-36-21-38-56(3)45-25-18-14-19-26-45/h13-14,16-19,23-32,41H,4-12,15,20-22,33-40H2,1-3H3,(H,51,59)(H,52,60). The summed E-state index contributed by atoms with van der Waals surface area (Å²) in [5.41, 5.74) is 4.74. The number of carbonyl (C=O) groups is 2. The predicted molar refractivity (Wildman–Crippen MR) is 255 cm³/mol. The number of hydrogen-bond acceptors (Lipinski definition) is 9. The molecule has 0 aliphatic heterocycles. The lowest BCUT2D eigenvalue weighted by molar-refractivity contribution is -0.384. The first-order chi connectivity index (χ1) is 30.2. The van der Waals surface area contributed by atoms with Gasteiger partial charge in [-0.1, -0.05) is 107 Å². The maximum Gasteiger partial charge on any atom is 0.296 e. The van der Waals surface area contributed by atoms with Crippen LogP contribution in [-0.4, -0.2) is 70.1 Å². The van der Waals surface area contributed by atoms with Gasteiger partial charge in [0.15, 0.2) is 5.69 Å². The Morgan fingerprint density at radius 2 is 1.08 bits per heavy atom. The molecule has 2 N–H and O–H groups in total. The third kappa shape index (κ3) is 18.9. The largest absolute Gasteiger partial charge is 0.375 e. The van der Waals surface area contributed by atoms with Crippen molar-refractivity contribution in [2.24, 2.45) is 10.2 Å². The zero-order chi connectivity index (χ0) is 44.2. The van der Waals surface area contributed by atoms with Crippen molar-refractivity contribution in [3.63, 3.8) is 0 Å². The zero-order valence-electron chi connectivity index (χ0n) is 37.5. The number of anilines is 3. The van der Waals surface area contributed by atoms with Crippen molar-refractivity contribution < 1.29 is 14.5 Å². The van der Waals surface area contributed by atoms with Gasteiger partial charge < -0.3 is 25.3 Å². The molecule has 0 radical (unpaired) electrons. The van der Waals surface area contributed by atoms with Gasteiger partial charge in [-0.05, 0) is 85.8 Å². The Labute approximate surface area is 370 Å². The van der Waals surface area contributed by atoms with Crippen LogP contribution in [0.2, 0.25) is 0 Å². The molecular formula is C50H70N8O4. The average molecular weight is 847 g/mol. The number of nitro benzene ring substituents is 1. The summed E-state index contributed by atoms with van der Waals surface area (Å²) in [6.45, 7) is 5.85. The normalized spacial score (nSPS) is 11.1. The van der Waals surface area contributed by atoms with E-state index in [1.165, 1.54) is 51.4 Å².